The van der Waals surface area contributed by atoms with Crippen LogP contribution >= 0.6 is 0 Å². The van der Waals surface area contributed by atoms with Crippen LogP contribution in [0, 0.1) is 0 Å². The van der Waals surface area contributed by atoms with Crippen LogP contribution in [0.5, 0.6) is 11.5 Å². The van der Waals surface area contributed by atoms with Gasteiger partial charge in [0.1, 0.15) is 5.52 Å². The van der Waals surface area contributed by atoms with Crippen LogP contribution in [0.25, 0.3) is 11.2 Å². The molecule has 8 heteroatoms. The Morgan fingerprint density at radius 1 is 1.32 bits per heavy atom. The lowest BCUT2D eigenvalue weighted by molar-refractivity contribution is 0.0950. The van der Waals surface area contributed by atoms with Crippen molar-refractivity contribution >= 4 is 23.0 Å². The summed E-state index contributed by atoms with van der Waals surface area (Å²) < 4.78 is 12.4. The molecule has 3 heterocycles. The number of hydrogen-bond donors (Lipinski definition) is 2. The number of rotatable bonds is 4. The van der Waals surface area contributed by atoms with Gasteiger partial charge in [0.15, 0.2) is 17.1 Å². The first-order valence-corrected chi connectivity index (χ1v) is 7.94. The first kappa shape index (κ1) is 15.3. The minimum absolute atomic E-state index is 0.225. The minimum Gasteiger partial charge on any atom is -0.454 e. The van der Waals surface area contributed by atoms with Crippen molar-refractivity contribution in [2.24, 2.45) is 0 Å². The number of nitrogen functional groups attached to an aromatic ring is 1. The summed E-state index contributed by atoms with van der Waals surface area (Å²) in [6.07, 6.45) is 1.53. The predicted octanol–water partition coefficient (Wildman–Crippen LogP) is 1.69. The van der Waals surface area contributed by atoms with E-state index in [9.17, 15) is 4.79 Å². The van der Waals surface area contributed by atoms with Gasteiger partial charge in [-0.15, -0.1) is 0 Å². The van der Waals surface area contributed by atoms with Crippen molar-refractivity contribution in [3.63, 3.8) is 0 Å². The molecule has 0 radical (unpaired) electrons. The quantitative estimate of drug-likeness (QED) is 0.749. The topological polar surface area (TPSA) is 104 Å². The Kier molecular flexibility index (Phi) is 3.64. The van der Waals surface area contributed by atoms with Crippen molar-refractivity contribution in [1.29, 1.82) is 0 Å². The van der Waals surface area contributed by atoms with Gasteiger partial charge in [0.2, 0.25) is 12.7 Å². The van der Waals surface area contributed by atoms with E-state index >= 15 is 0 Å². The number of hydrogen-bond acceptors (Lipinski definition) is 6. The Morgan fingerprint density at radius 2 is 2.16 bits per heavy atom. The molecule has 0 fully saturated rings. The summed E-state index contributed by atoms with van der Waals surface area (Å²) in [6, 6.07) is 7.27. The lowest BCUT2D eigenvalue weighted by atomic mass is 10.2. The van der Waals surface area contributed by atoms with Crippen LogP contribution in [0.15, 0.2) is 30.5 Å². The highest BCUT2D eigenvalue weighted by Gasteiger charge is 2.15. The van der Waals surface area contributed by atoms with Gasteiger partial charge in [-0.05, 0) is 30.7 Å². The minimum atomic E-state index is -0.225. The second kappa shape index (κ2) is 5.97. The lowest BCUT2D eigenvalue weighted by Gasteiger charge is -2.06. The first-order chi connectivity index (χ1) is 12.2. The van der Waals surface area contributed by atoms with Crippen LogP contribution in [-0.4, -0.2) is 27.2 Å². The van der Waals surface area contributed by atoms with Crippen molar-refractivity contribution in [1.82, 2.24) is 19.9 Å². The monoisotopic (exact) mass is 339 g/mol. The molecule has 0 saturated heterocycles. The summed E-state index contributed by atoms with van der Waals surface area (Å²) in [7, 11) is 0. The number of anilines is 1. The van der Waals surface area contributed by atoms with Gasteiger partial charge in [0.25, 0.3) is 5.91 Å². The zero-order valence-corrected chi connectivity index (χ0v) is 13.7. The Morgan fingerprint density at radius 3 is 3.00 bits per heavy atom. The van der Waals surface area contributed by atoms with Crippen LogP contribution in [0.2, 0.25) is 0 Å². The Balaban J connectivity index is 1.50. The molecule has 0 saturated carbocycles. The summed E-state index contributed by atoms with van der Waals surface area (Å²) in [6.45, 7) is 3.24. The van der Waals surface area contributed by atoms with Crippen molar-refractivity contribution in [2.45, 2.75) is 20.0 Å². The van der Waals surface area contributed by atoms with E-state index in [1.807, 2.05) is 25.1 Å². The molecule has 0 bridgehead atoms. The number of nitrogens with zero attached hydrogens (tertiary/aromatic N) is 3. The third kappa shape index (κ3) is 2.71. The largest absolute Gasteiger partial charge is 0.454 e. The maximum absolute atomic E-state index is 12.4. The van der Waals surface area contributed by atoms with Gasteiger partial charge in [-0.3, -0.25) is 9.36 Å². The van der Waals surface area contributed by atoms with E-state index < -0.39 is 0 Å². The Labute approximate surface area is 143 Å². The highest BCUT2D eigenvalue weighted by atomic mass is 16.7. The third-order valence-corrected chi connectivity index (χ3v) is 4.08. The number of benzene rings is 1. The number of ether oxygens (including phenoxy) is 2. The van der Waals surface area contributed by atoms with Gasteiger partial charge in [0, 0.05) is 19.3 Å². The first-order valence-electron chi connectivity index (χ1n) is 7.94. The maximum Gasteiger partial charge on any atom is 0.253 e. The molecule has 1 aliphatic heterocycles. The molecule has 0 aliphatic carbocycles. The molecule has 1 aliphatic rings. The van der Waals surface area contributed by atoms with Gasteiger partial charge < -0.3 is 20.5 Å². The number of carbonyl (C=O) groups excluding carboxylic acids is 1. The number of nitrogens with one attached hydrogen (secondary N) is 1. The number of fused-ring (bicyclic) bond motifs is 2. The molecule has 4 rings (SSSR count). The molecule has 0 unspecified atom stereocenters. The van der Waals surface area contributed by atoms with Crippen molar-refractivity contribution in [3.05, 3.63) is 41.6 Å². The number of nitrogens with two attached hydrogens (primary N) is 1. The van der Waals surface area contributed by atoms with Crippen LogP contribution in [0.4, 0.5) is 5.95 Å². The molecule has 25 heavy (non-hydrogen) atoms. The summed E-state index contributed by atoms with van der Waals surface area (Å²) in [5.74, 6) is 1.57. The van der Waals surface area contributed by atoms with E-state index in [4.69, 9.17) is 15.2 Å². The smallest absolute Gasteiger partial charge is 0.253 e. The molecule has 0 spiro atoms. The van der Waals surface area contributed by atoms with E-state index in [2.05, 4.69) is 15.3 Å². The van der Waals surface area contributed by atoms with E-state index in [-0.39, 0.29) is 12.7 Å². The molecule has 1 amide bonds. The zero-order valence-electron chi connectivity index (χ0n) is 13.7. The summed E-state index contributed by atoms with van der Waals surface area (Å²) >= 11 is 0. The van der Waals surface area contributed by atoms with Crippen molar-refractivity contribution in [3.8, 4) is 11.5 Å². The van der Waals surface area contributed by atoms with Crippen LogP contribution in [-0.2, 0) is 13.1 Å². The Bertz CT molecular complexity index is 966. The average molecular weight is 339 g/mol. The van der Waals surface area contributed by atoms with Gasteiger partial charge >= 0.3 is 0 Å². The average Bonchev–Trinajstić information content (AvgIpc) is 3.21. The fraction of sp³-hybridized carbons (Fsp3) is 0.235. The lowest BCUT2D eigenvalue weighted by Crippen LogP contribution is -2.22. The number of aromatic nitrogens is 3. The summed E-state index contributed by atoms with van der Waals surface area (Å²) in [4.78, 5) is 21.0. The van der Waals surface area contributed by atoms with E-state index in [0.29, 0.717) is 47.3 Å². The van der Waals surface area contributed by atoms with E-state index in [1.54, 1.807) is 10.6 Å². The van der Waals surface area contributed by atoms with Gasteiger partial charge in [0.05, 0.1) is 5.56 Å². The number of aryl methyl sites for hydroxylation is 1. The Hall–Kier alpha value is -3.29. The fourth-order valence-corrected chi connectivity index (χ4v) is 2.80. The standard InChI is InChI=1S/C17H17N5O3/c1-2-22-15-12(21-17(22)18)6-11(8-19-15)16(23)20-7-10-3-4-13-14(5-10)25-9-24-13/h3-6,8H,2,7,9H2,1H3,(H2,18,21)(H,20,23). The molecule has 128 valence electrons. The molecule has 8 nitrogen and oxygen atoms in total. The predicted molar refractivity (Wildman–Crippen MR) is 91.3 cm³/mol. The van der Waals surface area contributed by atoms with Gasteiger partial charge in [-0.1, -0.05) is 6.07 Å². The molecule has 1 aromatic carbocycles. The number of amides is 1. The van der Waals surface area contributed by atoms with Gasteiger partial charge in [-0.25, -0.2) is 9.97 Å². The number of pyridine rings is 1. The van der Waals surface area contributed by atoms with Crippen molar-refractivity contribution < 1.29 is 14.3 Å². The second-order valence-electron chi connectivity index (χ2n) is 5.65. The molecular formula is C17H17N5O3. The highest BCUT2D eigenvalue weighted by Crippen LogP contribution is 2.32. The molecular weight excluding hydrogens is 322 g/mol. The van der Waals surface area contributed by atoms with Crippen LogP contribution < -0.4 is 20.5 Å². The van der Waals surface area contributed by atoms with Crippen molar-refractivity contribution in [2.75, 3.05) is 12.5 Å². The van der Waals surface area contributed by atoms with E-state index in [1.165, 1.54) is 6.20 Å². The summed E-state index contributed by atoms with van der Waals surface area (Å²) in [5, 5.41) is 2.87. The molecule has 2 aromatic heterocycles. The maximum atomic E-state index is 12.4. The fourth-order valence-electron chi connectivity index (χ4n) is 2.80. The number of carbonyl (C=O) groups is 1. The van der Waals surface area contributed by atoms with E-state index in [0.717, 1.165) is 5.56 Å². The summed E-state index contributed by atoms with van der Waals surface area (Å²) in [5.41, 5.74) is 8.50. The molecule has 3 aromatic rings. The van der Waals surface area contributed by atoms with Gasteiger partial charge in [-0.2, -0.15) is 0 Å². The highest BCUT2D eigenvalue weighted by molar-refractivity contribution is 5.96. The zero-order chi connectivity index (χ0) is 17.4. The molecule has 0 atom stereocenters. The van der Waals surface area contributed by atoms with Crippen LogP contribution in [0.1, 0.15) is 22.8 Å². The normalized spacial score (nSPS) is 12.5. The third-order valence-electron chi connectivity index (χ3n) is 4.08. The number of imidazole rings is 1. The second-order valence-corrected chi connectivity index (χ2v) is 5.65. The SMILES string of the molecule is CCn1c(N)nc2cc(C(=O)NCc3ccc4c(c3)OCO4)cnc21. The molecule has 3 N–H and O–H groups in total. The van der Waals surface area contributed by atoms with Crippen LogP contribution in [0.3, 0.4) is 0 Å².